The predicted octanol–water partition coefficient (Wildman–Crippen LogP) is 1.11. The molecule has 0 aromatic rings. The topological polar surface area (TPSA) is 78.4 Å². The van der Waals surface area contributed by atoms with Gasteiger partial charge in [0.05, 0.1) is 0 Å². The SMILES string of the molecule is C=CCC(NC(=O)NC(C)C1CC1)C(=O)O. The van der Waals surface area contributed by atoms with Gasteiger partial charge in [-0.2, -0.15) is 0 Å². The van der Waals surface area contributed by atoms with Crippen LogP contribution in [0.4, 0.5) is 4.79 Å². The molecule has 2 amide bonds. The van der Waals surface area contributed by atoms with Gasteiger partial charge in [0.2, 0.25) is 0 Å². The first-order valence-corrected chi connectivity index (χ1v) is 5.45. The zero-order valence-corrected chi connectivity index (χ0v) is 9.40. The van der Waals surface area contributed by atoms with Crippen molar-refractivity contribution in [3.8, 4) is 0 Å². The molecule has 0 bridgehead atoms. The van der Waals surface area contributed by atoms with Crippen molar-refractivity contribution >= 4 is 12.0 Å². The number of rotatable bonds is 6. The molecule has 1 aliphatic carbocycles. The second-order valence-corrected chi connectivity index (χ2v) is 4.16. The van der Waals surface area contributed by atoms with Crippen molar-refractivity contribution in [1.82, 2.24) is 10.6 Å². The number of carbonyl (C=O) groups excluding carboxylic acids is 1. The summed E-state index contributed by atoms with van der Waals surface area (Å²) in [5.41, 5.74) is 0. The Kier molecular flexibility index (Phi) is 4.34. The first-order chi connectivity index (χ1) is 7.54. The summed E-state index contributed by atoms with van der Waals surface area (Å²) in [6.45, 7) is 5.39. The first kappa shape index (κ1) is 12.5. The van der Waals surface area contributed by atoms with Gasteiger partial charge >= 0.3 is 12.0 Å². The molecule has 0 aliphatic heterocycles. The first-order valence-electron chi connectivity index (χ1n) is 5.45. The van der Waals surface area contributed by atoms with Gasteiger partial charge in [0.15, 0.2) is 0 Å². The number of aliphatic carboxylic acids is 1. The molecule has 5 heteroatoms. The third-order valence-electron chi connectivity index (χ3n) is 2.69. The Labute approximate surface area is 94.9 Å². The average Bonchev–Trinajstić information content (AvgIpc) is 2.99. The van der Waals surface area contributed by atoms with Crippen molar-refractivity contribution < 1.29 is 14.7 Å². The fraction of sp³-hybridized carbons (Fsp3) is 0.636. The van der Waals surface area contributed by atoms with E-state index in [1.54, 1.807) is 0 Å². The number of hydrogen-bond acceptors (Lipinski definition) is 2. The minimum absolute atomic E-state index is 0.109. The van der Waals surface area contributed by atoms with E-state index in [9.17, 15) is 9.59 Å². The van der Waals surface area contributed by atoms with Crippen molar-refractivity contribution in [1.29, 1.82) is 0 Å². The highest BCUT2D eigenvalue weighted by atomic mass is 16.4. The van der Waals surface area contributed by atoms with Gasteiger partial charge in [0.25, 0.3) is 0 Å². The summed E-state index contributed by atoms with van der Waals surface area (Å²) in [5, 5.41) is 14.0. The quantitative estimate of drug-likeness (QED) is 0.594. The van der Waals surface area contributed by atoms with Crippen LogP contribution < -0.4 is 10.6 Å². The molecule has 5 nitrogen and oxygen atoms in total. The fourth-order valence-electron chi connectivity index (χ4n) is 1.51. The van der Waals surface area contributed by atoms with Gasteiger partial charge in [-0.05, 0) is 32.1 Å². The van der Waals surface area contributed by atoms with E-state index in [2.05, 4.69) is 17.2 Å². The third-order valence-corrected chi connectivity index (χ3v) is 2.69. The Hall–Kier alpha value is -1.52. The molecule has 0 aromatic heterocycles. The molecule has 0 saturated heterocycles. The zero-order chi connectivity index (χ0) is 12.1. The van der Waals surface area contributed by atoms with Gasteiger partial charge in [0, 0.05) is 6.04 Å². The van der Waals surface area contributed by atoms with Crippen LogP contribution in [0.5, 0.6) is 0 Å². The summed E-state index contributed by atoms with van der Waals surface area (Å²) in [4.78, 5) is 22.2. The number of carboxylic acids is 1. The molecule has 1 aliphatic rings. The molecule has 1 fully saturated rings. The maximum Gasteiger partial charge on any atom is 0.326 e. The van der Waals surface area contributed by atoms with E-state index in [4.69, 9.17) is 5.11 Å². The number of hydrogen-bond donors (Lipinski definition) is 3. The van der Waals surface area contributed by atoms with Crippen molar-refractivity contribution in [2.24, 2.45) is 5.92 Å². The van der Waals surface area contributed by atoms with Crippen LogP contribution in [0.1, 0.15) is 26.2 Å². The van der Waals surface area contributed by atoms with E-state index in [-0.39, 0.29) is 12.5 Å². The lowest BCUT2D eigenvalue weighted by molar-refractivity contribution is -0.139. The molecule has 3 N–H and O–H groups in total. The van der Waals surface area contributed by atoms with Crippen LogP contribution in [-0.2, 0) is 4.79 Å². The Bertz CT molecular complexity index is 287. The largest absolute Gasteiger partial charge is 0.480 e. The molecule has 0 aromatic carbocycles. The number of urea groups is 1. The maximum atomic E-state index is 11.5. The van der Waals surface area contributed by atoms with Crippen LogP contribution in [0.3, 0.4) is 0 Å². The van der Waals surface area contributed by atoms with Gasteiger partial charge in [-0.25, -0.2) is 9.59 Å². The second kappa shape index (κ2) is 5.53. The molecule has 2 unspecified atom stereocenters. The Balaban J connectivity index is 2.34. The van der Waals surface area contributed by atoms with E-state index in [0.29, 0.717) is 5.92 Å². The van der Waals surface area contributed by atoms with E-state index >= 15 is 0 Å². The minimum Gasteiger partial charge on any atom is -0.480 e. The van der Waals surface area contributed by atoms with Gasteiger partial charge in [-0.15, -0.1) is 6.58 Å². The molecule has 1 rings (SSSR count). The van der Waals surface area contributed by atoms with E-state index in [1.807, 2.05) is 6.92 Å². The van der Waals surface area contributed by atoms with E-state index < -0.39 is 18.0 Å². The van der Waals surface area contributed by atoms with Crippen LogP contribution in [0.25, 0.3) is 0 Å². The van der Waals surface area contributed by atoms with Crippen LogP contribution in [0, 0.1) is 5.92 Å². The summed E-state index contributed by atoms with van der Waals surface area (Å²) < 4.78 is 0. The molecule has 0 radical (unpaired) electrons. The van der Waals surface area contributed by atoms with Crippen molar-refractivity contribution in [2.45, 2.75) is 38.3 Å². The highest BCUT2D eigenvalue weighted by molar-refractivity contribution is 5.82. The highest BCUT2D eigenvalue weighted by Gasteiger charge is 2.29. The van der Waals surface area contributed by atoms with Crippen LogP contribution in [0.2, 0.25) is 0 Å². The van der Waals surface area contributed by atoms with Crippen molar-refractivity contribution in [2.75, 3.05) is 0 Å². The Morgan fingerprint density at radius 1 is 1.50 bits per heavy atom. The smallest absolute Gasteiger partial charge is 0.326 e. The molecule has 90 valence electrons. The monoisotopic (exact) mass is 226 g/mol. The molecular weight excluding hydrogens is 208 g/mol. The maximum absolute atomic E-state index is 11.5. The van der Waals surface area contributed by atoms with Crippen LogP contribution in [-0.4, -0.2) is 29.2 Å². The second-order valence-electron chi connectivity index (χ2n) is 4.16. The molecule has 2 atom stereocenters. The number of amides is 2. The number of carbonyl (C=O) groups is 2. The van der Waals surface area contributed by atoms with Gasteiger partial charge < -0.3 is 15.7 Å². The number of nitrogens with one attached hydrogen (secondary N) is 2. The molecular formula is C11H18N2O3. The summed E-state index contributed by atoms with van der Waals surface area (Å²) in [6, 6.07) is -1.21. The van der Waals surface area contributed by atoms with Gasteiger partial charge in [-0.3, -0.25) is 0 Å². The molecule has 0 heterocycles. The van der Waals surface area contributed by atoms with Gasteiger partial charge in [0.1, 0.15) is 6.04 Å². The lowest BCUT2D eigenvalue weighted by Gasteiger charge is -2.17. The summed E-state index contributed by atoms with van der Waals surface area (Å²) >= 11 is 0. The highest BCUT2D eigenvalue weighted by Crippen LogP contribution is 2.32. The third kappa shape index (κ3) is 3.92. The standard InChI is InChI=1S/C11H18N2O3/c1-3-4-9(10(14)15)13-11(16)12-7(2)8-5-6-8/h3,7-9H,1,4-6H2,2H3,(H,14,15)(H2,12,13,16). The molecule has 0 spiro atoms. The average molecular weight is 226 g/mol. The summed E-state index contributed by atoms with van der Waals surface area (Å²) in [7, 11) is 0. The molecule has 1 saturated carbocycles. The Morgan fingerprint density at radius 3 is 2.56 bits per heavy atom. The summed E-state index contributed by atoms with van der Waals surface area (Å²) in [6.07, 6.45) is 3.97. The van der Waals surface area contributed by atoms with Crippen molar-refractivity contribution in [3.05, 3.63) is 12.7 Å². The fourth-order valence-corrected chi connectivity index (χ4v) is 1.51. The molecule has 16 heavy (non-hydrogen) atoms. The van der Waals surface area contributed by atoms with Crippen LogP contribution in [0.15, 0.2) is 12.7 Å². The lowest BCUT2D eigenvalue weighted by Crippen LogP contribution is -2.48. The zero-order valence-electron chi connectivity index (χ0n) is 9.40. The Morgan fingerprint density at radius 2 is 2.12 bits per heavy atom. The predicted molar refractivity (Wildman–Crippen MR) is 60.1 cm³/mol. The lowest BCUT2D eigenvalue weighted by atomic mass is 10.2. The van der Waals surface area contributed by atoms with Crippen LogP contribution >= 0.6 is 0 Å². The van der Waals surface area contributed by atoms with E-state index in [0.717, 1.165) is 12.8 Å². The normalized spacial score (nSPS) is 18.3. The number of carboxylic acid groups (broad SMARTS) is 1. The summed E-state index contributed by atoms with van der Waals surface area (Å²) in [5.74, 6) is -0.498. The van der Waals surface area contributed by atoms with E-state index in [1.165, 1.54) is 6.08 Å². The van der Waals surface area contributed by atoms with Crippen molar-refractivity contribution in [3.63, 3.8) is 0 Å². The van der Waals surface area contributed by atoms with Gasteiger partial charge in [-0.1, -0.05) is 6.08 Å². The minimum atomic E-state index is -1.05.